The predicted octanol–water partition coefficient (Wildman–Crippen LogP) is 2.56. The van der Waals surface area contributed by atoms with Crippen molar-refractivity contribution < 1.29 is 9.59 Å². The molecule has 0 N–H and O–H groups in total. The molecule has 21 heavy (non-hydrogen) atoms. The summed E-state index contributed by atoms with van der Waals surface area (Å²) in [7, 11) is 0. The number of amides is 1. The van der Waals surface area contributed by atoms with Crippen molar-refractivity contribution in [1.82, 2.24) is 4.90 Å². The molecular weight excluding hydrogens is 264 g/mol. The maximum Gasteiger partial charge on any atom is 0.247 e. The van der Waals surface area contributed by atoms with Crippen molar-refractivity contribution in [1.29, 1.82) is 5.26 Å². The van der Waals surface area contributed by atoms with Crippen LogP contribution in [0.15, 0.2) is 11.6 Å². The molecule has 1 heterocycles. The molecule has 1 amide bonds. The molecule has 0 radical (unpaired) electrons. The molecular formula is C17H24N2O2. The van der Waals surface area contributed by atoms with Crippen LogP contribution in [0.5, 0.6) is 0 Å². The number of allylic oxidation sites excluding steroid dienone is 2. The molecule has 4 nitrogen and oxygen atoms in total. The molecule has 1 saturated carbocycles. The standard InChI is InChI=1S/C17H24N2O2/c1-11(2)9-13-14(17(13,3)4)15(20)12(10-18)16(21)19-7-5-6-8-19/h9,12-14H,5-8H2,1-4H3/t12-,13+,14-/m0/s1. The zero-order valence-corrected chi connectivity index (χ0v) is 13.3. The van der Waals surface area contributed by atoms with Crippen molar-refractivity contribution >= 4 is 11.7 Å². The van der Waals surface area contributed by atoms with Crippen LogP contribution in [-0.4, -0.2) is 29.7 Å². The highest BCUT2D eigenvalue weighted by atomic mass is 16.2. The van der Waals surface area contributed by atoms with E-state index in [0.717, 1.165) is 12.8 Å². The maximum atomic E-state index is 12.6. The molecule has 1 aliphatic heterocycles. The lowest BCUT2D eigenvalue weighted by Crippen LogP contribution is -2.38. The summed E-state index contributed by atoms with van der Waals surface area (Å²) in [6.45, 7) is 9.44. The van der Waals surface area contributed by atoms with Gasteiger partial charge in [-0.1, -0.05) is 25.5 Å². The first-order valence-electron chi connectivity index (χ1n) is 7.68. The van der Waals surface area contributed by atoms with Gasteiger partial charge in [0.05, 0.1) is 6.07 Å². The molecule has 1 aliphatic carbocycles. The van der Waals surface area contributed by atoms with Crippen LogP contribution in [0.1, 0.15) is 40.5 Å². The fraction of sp³-hybridized carbons (Fsp3) is 0.706. The van der Waals surface area contributed by atoms with Gasteiger partial charge in [-0.15, -0.1) is 0 Å². The quantitative estimate of drug-likeness (QED) is 0.590. The third kappa shape index (κ3) is 2.88. The second kappa shape index (κ2) is 5.63. The van der Waals surface area contributed by atoms with Crippen molar-refractivity contribution in [3.05, 3.63) is 11.6 Å². The Morgan fingerprint density at radius 2 is 1.86 bits per heavy atom. The Balaban J connectivity index is 2.13. The summed E-state index contributed by atoms with van der Waals surface area (Å²) in [6, 6.07) is 1.95. The third-order valence-corrected chi connectivity index (χ3v) is 4.81. The lowest BCUT2D eigenvalue weighted by atomic mass is 9.96. The summed E-state index contributed by atoms with van der Waals surface area (Å²) in [5, 5.41) is 9.31. The van der Waals surface area contributed by atoms with Crippen LogP contribution in [0.4, 0.5) is 0 Å². The Morgan fingerprint density at radius 1 is 1.29 bits per heavy atom. The molecule has 0 aromatic heterocycles. The highest BCUT2D eigenvalue weighted by molar-refractivity contribution is 6.06. The monoisotopic (exact) mass is 288 g/mol. The van der Waals surface area contributed by atoms with Crippen LogP contribution in [0, 0.1) is 34.5 Å². The number of likely N-dealkylation sites (tertiary alicyclic amines) is 1. The fourth-order valence-electron chi connectivity index (χ4n) is 3.43. The van der Waals surface area contributed by atoms with Crippen LogP contribution in [-0.2, 0) is 9.59 Å². The van der Waals surface area contributed by atoms with Gasteiger partial charge in [-0.2, -0.15) is 5.26 Å². The average Bonchev–Trinajstić information content (AvgIpc) is 2.82. The summed E-state index contributed by atoms with van der Waals surface area (Å²) in [6.07, 6.45) is 4.03. The van der Waals surface area contributed by atoms with Crippen LogP contribution in [0.25, 0.3) is 0 Å². The molecule has 1 saturated heterocycles. The van der Waals surface area contributed by atoms with E-state index in [4.69, 9.17) is 0 Å². The summed E-state index contributed by atoms with van der Waals surface area (Å²) >= 11 is 0. The lowest BCUT2D eigenvalue weighted by Gasteiger charge is -2.18. The van der Waals surface area contributed by atoms with E-state index >= 15 is 0 Å². The summed E-state index contributed by atoms with van der Waals surface area (Å²) < 4.78 is 0. The van der Waals surface area contributed by atoms with Gasteiger partial charge in [-0.3, -0.25) is 9.59 Å². The Hall–Kier alpha value is -1.63. The van der Waals surface area contributed by atoms with E-state index in [2.05, 4.69) is 6.08 Å². The minimum atomic E-state index is -1.12. The van der Waals surface area contributed by atoms with E-state index in [9.17, 15) is 14.9 Å². The highest BCUT2D eigenvalue weighted by Gasteiger charge is 2.62. The van der Waals surface area contributed by atoms with Gasteiger partial charge in [0.15, 0.2) is 11.7 Å². The fourth-order valence-corrected chi connectivity index (χ4v) is 3.43. The zero-order valence-electron chi connectivity index (χ0n) is 13.3. The van der Waals surface area contributed by atoms with Crippen molar-refractivity contribution in [2.45, 2.75) is 40.5 Å². The first kappa shape index (κ1) is 15.8. The highest BCUT2D eigenvalue weighted by Crippen LogP contribution is 2.60. The number of hydrogen-bond donors (Lipinski definition) is 0. The van der Waals surface area contributed by atoms with Crippen LogP contribution >= 0.6 is 0 Å². The topological polar surface area (TPSA) is 61.2 Å². The number of nitrogens with zero attached hydrogens (tertiary/aromatic N) is 2. The molecule has 2 rings (SSSR count). The summed E-state index contributed by atoms with van der Waals surface area (Å²) in [5.41, 5.74) is 1.03. The van der Waals surface area contributed by atoms with Crippen molar-refractivity contribution in [2.24, 2.45) is 23.2 Å². The van der Waals surface area contributed by atoms with Crippen molar-refractivity contribution in [2.75, 3.05) is 13.1 Å². The summed E-state index contributed by atoms with van der Waals surface area (Å²) in [4.78, 5) is 26.7. The number of ketones is 1. The lowest BCUT2D eigenvalue weighted by molar-refractivity contribution is -0.138. The van der Waals surface area contributed by atoms with E-state index in [1.165, 1.54) is 5.57 Å². The van der Waals surface area contributed by atoms with Gasteiger partial charge in [-0.05, 0) is 38.0 Å². The number of carbonyl (C=O) groups excluding carboxylic acids is 2. The van der Waals surface area contributed by atoms with Gasteiger partial charge >= 0.3 is 0 Å². The first-order chi connectivity index (χ1) is 9.80. The van der Waals surface area contributed by atoms with Gasteiger partial charge in [0, 0.05) is 19.0 Å². The number of nitriles is 1. The van der Waals surface area contributed by atoms with Crippen LogP contribution in [0.3, 0.4) is 0 Å². The van der Waals surface area contributed by atoms with E-state index in [-0.39, 0.29) is 28.9 Å². The minimum absolute atomic E-state index is 0.144. The second-order valence-corrected chi connectivity index (χ2v) is 7.07. The largest absolute Gasteiger partial charge is 0.341 e. The van der Waals surface area contributed by atoms with Gasteiger partial charge in [0.1, 0.15) is 0 Å². The molecule has 0 unspecified atom stereocenters. The Bertz CT molecular complexity index is 517. The van der Waals surface area contributed by atoms with E-state index in [0.29, 0.717) is 13.1 Å². The first-order valence-corrected chi connectivity index (χ1v) is 7.68. The average molecular weight is 288 g/mol. The molecule has 0 aromatic carbocycles. The smallest absolute Gasteiger partial charge is 0.247 e. The molecule has 2 fully saturated rings. The molecule has 0 bridgehead atoms. The van der Waals surface area contributed by atoms with Gasteiger partial charge in [0.2, 0.25) is 5.91 Å². The number of rotatable bonds is 4. The van der Waals surface area contributed by atoms with Crippen LogP contribution < -0.4 is 0 Å². The molecule has 0 spiro atoms. The summed E-state index contributed by atoms with van der Waals surface area (Å²) in [5.74, 6) is -1.66. The zero-order chi connectivity index (χ0) is 15.8. The van der Waals surface area contributed by atoms with Crippen LogP contribution in [0.2, 0.25) is 0 Å². The van der Waals surface area contributed by atoms with E-state index < -0.39 is 5.92 Å². The minimum Gasteiger partial charge on any atom is -0.341 e. The molecule has 114 valence electrons. The van der Waals surface area contributed by atoms with Gasteiger partial charge < -0.3 is 4.90 Å². The SMILES string of the molecule is CC(C)=C[C@@H]1[C@@H](C(=O)[C@H](C#N)C(=O)N2CCCC2)C1(C)C. The Morgan fingerprint density at radius 3 is 2.33 bits per heavy atom. The van der Waals surface area contributed by atoms with Crippen molar-refractivity contribution in [3.63, 3.8) is 0 Å². The van der Waals surface area contributed by atoms with Gasteiger partial charge in [-0.25, -0.2) is 0 Å². The molecule has 3 atom stereocenters. The Labute approximate surface area is 126 Å². The van der Waals surface area contributed by atoms with E-state index in [1.54, 1.807) is 4.90 Å². The number of hydrogen-bond acceptors (Lipinski definition) is 3. The molecule has 2 aliphatic rings. The second-order valence-electron chi connectivity index (χ2n) is 7.07. The third-order valence-electron chi connectivity index (χ3n) is 4.81. The Kier molecular flexibility index (Phi) is 4.22. The maximum absolute atomic E-state index is 12.6. The molecule has 0 aromatic rings. The predicted molar refractivity (Wildman–Crippen MR) is 80.1 cm³/mol. The van der Waals surface area contributed by atoms with Crippen molar-refractivity contribution in [3.8, 4) is 6.07 Å². The van der Waals surface area contributed by atoms with Gasteiger partial charge in [0.25, 0.3) is 0 Å². The number of carbonyl (C=O) groups is 2. The number of Topliss-reactive ketones (excluding diaryl/α,β-unsaturated/α-hetero) is 1. The normalized spacial score (nSPS) is 27.7. The molecule has 4 heteroatoms. The van der Waals surface area contributed by atoms with E-state index in [1.807, 2.05) is 33.8 Å².